The van der Waals surface area contributed by atoms with Crippen molar-refractivity contribution in [1.82, 2.24) is 5.32 Å². The third kappa shape index (κ3) is 3.13. The highest BCUT2D eigenvalue weighted by Crippen LogP contribution is 2.66. The third-order valence-electron chi connectivity index (χ3n) is 10.2. The highest BCUT2D eigenvalue weighted by molar-refractivity contribution is 5.91. The summed E-state index contributed by atoms with van der Waals surface area (Å²) in [6.45, 7) is 4.90. The van der Waals surface area contributed by atoms with Crippen LogP contribution in [-0.2, 0) is 9.59 Å². The summed E-state index contributed by atoms with van der Waals surface area (Å²) in [4.78, 5) is 25.3. The Morgan fingerprint density at radius 3 is 2.52 bits per heavy atom. The van der Waals surface area contributed by atoms with Gasteiger partial charge < -0.3 is 5.32 Å². The molecule has 29 heavy (non-hydrogen) atoms. The van der Waals surface area contributed by atoms with Gasteiger partial charge in [-0.05, 0) is 92.4 Å². The quantitative estimate of drug-likeness (QED) is 0.661. The Morgan fingerprint density at radius 2 is 1.72 bits per heavy atom. The minimum atomic E-state index is 0.183. The standard InChI is InChI=1S/C26H39NO2/c1-25-14-12-19(28)16-17(25)8-9-20-21-10-11-23(26(21,2)15-13-22(20)25)24(29)27-18-6-4-3-5-7-18/h16,18,20-23H,3-15H2,1-2H3,(H,27,29)/t20-,21-,22-,23+,25-,26-/m0/s1. The van der Waals surface area contributed by atoms with Gasteiger partial charge >= 0.3 is 0 Å². The lowest BCUT2D eigenvalue weighted by Gasteiger charge is -2.58. The third-order valence-corrected chi connectivity index (χ3v) is 10.2. The summed E-state index contributed by atoms with van der Waals surface area (Å²) < 4.78 is 0. The number of allylic oxidation sites excluding steroid dienone is 1. The van der Waals surface area contributed by atoms with Crippen LogP contribution in [0.5, 0.6) is 0 Å². The van der Waals surface area contributed by atoms with Crippen LogP contribution in [0.15, 0.2) is 11.6 Å². The average molecular weight is 398 g/mol. The number of carbonyl (C=O) groups is 2. The summed E-state index contributed by atoms with van der Waals surface area (Å²) in [5.41, 5.74) is 1.87. The summed E-state index contributed by atoms with van der Waals surface area (Å²) in [6.07, 6.45) is 17.1. The summed E-state index contributed by atoms with van der Waals surface area (Å²) in [7, 11) is 0. The molecule has 0 aliphatic heterocycles. The van der Waals surface area contributed by atoms with Crippen LogP contribution >= 0.6 is 0 Å². The summed E-state index contributed by atoms with van der Waals surface area (Å²) in [5.74, 6) is 3.08. The summed E-state index contributed by atoms with van der Waals surface area (Å²) in [5, 5.41) is 3.46. The Bertz CT molecular complexity index is 720. The molecule has 3 nitrogen and oxygen atoms in total. The zero-order valence-corrected chi connectivity index (χ0v) is 18.5. The number of hydrogen-bond acceptors (Lipinski definition) is 2. The Kier molecular flexibility index (Phi) is 4.95. The van der Waals surface area contributed by atoms with E-state index in [4.69, 9.17) is 0 Å². The van der Waals surface area contributed by atoms with Crippen molar-refractivity contribution in [3.05, 3.63) is 11.6 Å². The number of ketones is 1. The van der Waals surface area contributed by atoms with E-state index < -0.39 is 0 Å². The van der Waals surface area contributed by atoms with Gasteiger partial charge in [-0.1, -0.05) is 38.7 Å². The molecule has 1 N–H and O–H groups in total. The van der Waals surface area contributed by atoms with Gasteiger partial charge in [-0.3, -0.25) is 9.59 Å². The normalized spacial score (nSPS) is 45.0. The van der Waals surface area contributed by atoms with Crippen LogP contribution < -0.4 is 5.32 Å². The minimum absolute atomic E-state index is 0.183. The van der Waals surface area contributed by atoms with Crippen molar-refractivity contribution < 1.29 is 9.59 Å². The van der Waals surface area contributed by atoms with E-state index in [2.05, 4.69) is 19.2 Å². The Labute approximate surface area is 176 Å². The molecular weight excluding hydrogens is 358 g/mol. The maximum Gasteiger partial charge on any atom is 0.223 e. The first-order valence-corrected chi connectivity index (χ1v) is 12.5. The Hall–Kier alpha value is -1.12. The van der Waals surface area contributed by atoms with Gasteiger partial charge in [0.15, 0.2) is 5.78 Å². The molecule has 0 aromatic heterocycles. The molecule has 4 saturated carbocycles. The van der Waals surface area contributed by atoms with E-state index >= 15 is 0 Å². The fourth-order valence-electron chi connectivity index (χ4n) is 8.54. The van der Waals surface area contributed by atoms with Crippen LogP contribution in [0.25, 0.3) is 0 Å². The zero-order valence-electron chi connectivity index (χ0n) is 18.5. The lowest BCUT2D eigenvalue weighted by molar-refractivity contribution is -0.133. The zero-order chi connectivity index (χ0) is 20.2. The first-order chi connectivity index (χ1) is 13.9. The average Bonchev–Trinajstić information content (AvgIpc) is 3.06. The summed E-state index contributed by atoms with van der Waals surface area (Å²) in [6, 6.07) is 0.427. The minimum Gasteiger partial charge on any atom is -0.353 e. The molecule has 4 fully saturated rings. The maximum absolute atomic E-state index is 13.3. The topological polar surface area (TPSA) is 46.2 Å². The van der Waals surface area contributed by atoms with E-state index in [0.717, 1.165) is 31.6 Å². The van der Waals surface area contributed by atoms with Crippen LogP contribution in [0.3, 0.4) is 0 Å². The molecular formula is C26H39NO2. The second kappa shape index (κ2) is 7.24. The molecule has 0 aromatic carbocycles. The largest absolute Gasteiger partial charge is 0.353 e. The van der Waals surface area contributed by atoms with Gasteiger partial charge in [-0.15, -0.1) is 0 Å². The second-order valence-electron chi connectivity index (χ2n) is 11.5. The number of carbonyl (C=O) groups excluding carboxylic acids is 2. The SMILES string of the molecule is C[C@]12CC[C@H]3[C@@H](CCC4=CC(=O)CC[C@@]43C)[C@@H]1CC[C@@H]2C(=O)NC1CCCCC1. The fraction of sp³-hybridized carbons (Fsp3) is 0.846. The van der Waals surface area contributed by atoms with E-state index in [1.165, 1.54) is 63.4 Å². The number of fused-ring (bicyclic) bond motifs is 5. The van der Waals surface area contributed by atoms with Crippen LogP contribution in [0.2, 0.25) is 0 Å². The highest BCUT2D eigenvalue weighted by atomic mass is 16.2. The molecule has 5 aliphatic carbocycles. The monoisotopic (exact) mass is 397 g/mol. The van der Waals surface area contributed by atoms with E-state index in [1.807, 2.05) is 6.08 Å². The Morgan fingerprint density at radius 1 is 0.931 bits per heavy atom. The number of nitrogens with one attached hydrogen (secondary N) is 1. The van der Waals surface area contributed by atoms with Gasteiger partial charge in [0.25, 0.3) is 0 Å². The molecule has 160 valence electrons. The molecule has 5 rings (SSSR count). The van der Waals surface area contributed by atoms with Gasteiger partial charge in [-0.2, -0.15) is 0 Å². The van der Waals surface area contributed by atoms with E-state index in [-0.39, 0.29) is 16.7 Å². The molecule has 0 bridgehead atoms. The second-order valence-corrected chi connectivity index (χ2v) is 11.5. The predicted octanol–water partition coefficient (Wildman–Crippen LogP) is 5.58. The molecule has 3 heteroatoms. The van der Waals surface area contributed by atoms with Crippen molar-refractivity contribution in [3.63, 3.8) is 0 Å². The van der Waals surface area contributed by atoms with Crippen LogP contribution in [0.1, 0.15) is 97.3 Å². The first kappa shape index (κ1) is 19.8. The number of rotatable bonds is 2. The van der Waals surface area contributed by atoms with Crippen molar-refractivity contribution in [2.24, 2.45) is 34.5 Å². The van der Waals surface area contributed by atoms with Crippen LogP contribution in [0, 0.1) is 34.5 Å². The van der Waals surface area contributed by atoms with Crippen molar-refractivity contribution >= 4 is 11.7 Å². The molecule has 0 unspecified atom stereocenters. The molecule has 0 radical (unpaired) electrons. The van der Waals surface area contributed by atoms with Gasteiger partial charge in [0.1, 0.15) is 0 Å². The van der Waals surface area contributed by atoms with Crippen LogP contribution in [-0.4, -0.2) is 17.7 Å². The smallest absolute Gasteiger partial charge is 0.223 e. The Balaban J connectivity index is 1.34. The number of hydrogen-bond donors (Lipinski definition) is 1. The van der Waals surface area contributed by atoms with Gasteiger partial charge in [0.2, 0.25) is 5.91 Å². The number of amides is 1. The van der Waals surface area contributed by atoms with E-state index in [1.54, 1.807) is 0 Å². The van der Waals surface area contributed by atoms with Crippen molar-refractivity contribution in [1.29, 1.82) is 0 Å². The molecule has 0 saturated heterocycles. The predicted molar refractivity (Wildman–Crippen MR) is 115 cm³/mol. The molecule has 1 amide bonds. The lowest BCUT2D eigenvalue weighted by atomic mass is 9.47. The van der Waals surface area contributed by atoms with Gasteiger partial charge in [0.05, 0.1) is 0 Å². The van der Waals surface area contributed by atoms with Crippen LogP contribution in [0.4, 0.5) is 0 Å². The van der Waals surface area contributed by atoms with E-state index in [9.17, 15) is 9.59 Å². The molecule has 0 heterocycles. The highest BCUT2D eigenvalue weighted by Gasteiger charge is 2.60. The maximum atomic E-state index is 13.3. The molecule has 5 aliphatic rings. The molecule has 0 spiro atoms. The van der Waals surface area contributed by atoms with Gasteiger partial charge in [-0.25, -0.2) is 0 Å². The van der Waals surface area contributed by atoms with Crippen molar-refractivity contribution in [2.45, 2.75) is 103 Å². The van der Waals surface area contributed by atoms with Gasteiger partial charge in [0, 0.05) is 18.4 Å². The molecule has 6 atom stereocenters. The van der Waals surface area contributed by atoms with Crippen molar-refractivity contribution in [3.8, 4) is 0 Å². The van der Waals surface area contributed by atoms with Crippen molar-refractivity contribution in [2.75, 3.05) is 0 Å². The fourth-order valence-corrected chi connectivity index (χ4v) is 8.54. The lowest BCUT2D eigenvalue weighted by Crippen LogP contribution is -2.52. The molecule has 0 aromatic rings. The summed E-state index contributed by atoms with van der Waals surface area (Å²) >= 11 is 0. The van der Waals surface area contributed by atoms with E-state index in [0.29, 0.717) is 29.6 Å². The first-order valence-electron chi connectivity index (χ1n) is 12.5.